The van der Waals surface area contributed by atoms with Gasteiger partial charge in [0.2, 0.25) is 0 Å². The molecule has 1 aromatic heterocycles. The lowest BCUT2D eigenvalue weighted by molar-refractivity contribution is 0.206. The van der Waals surface area contributed by atoms with Gasteiger partial charge in [0, 0.05) is 6.54 Å². The normalized spacial score (nSPS) is 12.5. The molecular formula is C20H22N2O. The number of allylic oxidation sites excluding steroid dienone is 1. The van der Waals surface area contributed by atoms with Gasteiger partial charge in [0.1, 0.15) is 11.9 Å². The number of nitrogens with zero attached hydrogens (tertiary/aromatic N) is 2. The summed E-state index contributed by atoms with van der Waals surface area (Å²) in [6.07, 6.45) is -0.747. The fraction of sp³-hybridized carbons (Fsp3) is 0.250. The molecular weight excluding hydrogens is 284 g/mol. The Balaban J connectivity index is 2.20. The summed E-state index contributed by atoms with van der Waals surface area (Å²) in [5.41, 5.74) is 6.27. The number of hydrogen-bond acceptors (Lipinski definition) is 2. The highest BCUT2D eigenvalue weighted by atomic mass is 16.3. The predicted molar refractivity (Wildman–Crippen MR) is 94.5 cm³/mol. The van der Waals surface area contributed by atoms with Crippen molar-refractivity contribution in [1.82, 2.24) is 9.55 Å². The lowest BCUT2D eigenvalue weighted by Gasteiger charge is -2.14. The van der Waals surface area contributed by atoms with Gasteiger partial charge in [0.05, 0.1) is 11.0 Å². The van der Waals surface area contributed by atoms with E-state index < -0.39 is 6.10 Å². The second-order valence-electron chi connectivity index (χ2n) is 6.25. The Morgan fingerprint density at radius 2 is 1.83 bits per heavy atom. The molecule has 0 saturated carbocycles. The Kier molecular flexibility index (Phi) is 4.05. The monoisotopic (exact) mass is 306 g/mol. The fourth-order valence-electron chi connectivity index (χ4n) is 2.83. The molecule has 0 aliphatic heterocycles. The van der Waals surface area contributed by atoms with E-state index in [9.17, 15) is 5.11 Å². The van der Waals surface area contributed by atoms with E-state index in [1.54, 1.807) is 0 Å². The Morgan fingerprint density at radius 1 is 1.17 bits per heavy atom. The van der Waals surface area contributed by atoms with Crippen LogP contribution in [-0.2, 0) is 6.54 Å². The summed E-state index contributed by atoms with van der Waals surface area (Å²) in [6, 6.07) is 13.9. The molecule has 0 aliphatic carbocycles. The topological polar surface area (TPSA) is 38.0 Å². The molecule has 0 spiro atoms. The largest absolute Gasteiger partial charge is 0.380 e. The minimum Gasteiger partial charge on any atom is -0.380 e. The Labute approximate surface area is 136 Å². The first-order chi connectivity index (χ1) is 11.0. The van der Waals surface area contributed by atoms with Crippen molar-refractivity contribution in [3.63, 3.8) is 0 Å². The van der Waals surface area contributed by atoms with Crippen LogP contribution in [0.5, 0.6) is 0 Å². The maximum Gasteiger partial charge on any atom is 0.143 e. The highest BCUT2D eigenvalue weighted by Crippen LogP contribution is 2.28. The number of aryl methyl sites for hydroxylation is 2. The van der Waals surface area contributed by atoms with Crippen molar-refractivity contribution in [2.24, 2.45) is 0 Å². The summed E-state index contributed by atoms with van der Waals surface area (Å²) in [5.74, 6) is 0.666. The van der Waals surface area contributed by atoms with E-state index in [0.29, 0.717) is 12.4 Å². The van der Waals surface area contributed by atoms with Gasteiger partial charge in [-0.2, -0.15) is 0 Å². The third-order valence-electron chi connectivity index (χ3n) is 4.18. The third kappa shape index (κ3) is 2.92. The summed E-state index contributed by atoms with van der Waals surface area (Å²) in [4.78, 5) is 4.72. The molecule has 3 aromatic rings. The number of benzene rings is 2. The second-order valence-corrected chi connectivity index (χ2v) is 6.25. The molecule has 0 aliphatic rings. The van der Waals surface area contributed by atoms with E-state index in [4.69, 9.17) is 4.98 Å². The lowest BCUT2D eigenvalue weighted by atomic mass is 10.1. The van der Waals surface area contributed by atoms with E-state index in [1.807, 2.05) is 37.3 Å². The molecule has 0 saturated heterocycles. The zero-order chi connectivity index (χ0) is 16.6. The number of aliphatic hydroxyl groups is 1. The molecule has 1 heterocycles. The zero-order valence-corrected chi connectivity index (χ0v) is 13.9. The SMILES string of the molecule is C=C(C)Cn1c(C(O)c2ccccc2)nc2cc(C)c(C)cc21. The molecule has 1 atom stereocenters. The first kappa shape index (κ1) is 15.5. The second kappa shape index (κ2) is 6.01. The molecule has 0 radical (unpaired) electrons. The van der Waals surface area contributed by atoms with Crippen molar-refractivity contribution in [3.05, 3.63) is 77.1 Å². The van der Waals surface area contributed by atoms with E-state index in [2.05, 4.69) is 37.1 Å². The maximum absolute atomic E-state index is 10.8. The molecule has 2 aromatic carbocycles. The molecule has 3 nitrogen and oxygen atoms in total. The van der Waals surface area contributed by atoms with Gasteiger partial charge in [0.15, 0.2) is 0 Å². The van der Waals surface area contributed by atoms with Crippen LogP contribution in [0.1, 0.15) is 35.5 Å². The van der Waals surface area contributed by atoms with E-state index in [0.717, 1.165) is 22.2 Å². The maximum atomic E-state index is 10.8. The van der Waals surface area contributed by atoms with Crippen LogP contribution in [0, 0.1) is 13.8 Å². The number of imidazole rings is 1. The van der Waals surface area contributed by atoms with E-state index in [-0.39, 0.29) is 0 Å². The standard InChI is InChI=1S/C20H22N2O/c1-13(2)12-22-18-11-15(4)14(3)10-17(18)21-20(22)19(23)16-8-6-5-7-9-16/h5-11,19,23H,1,12H2,2-4H3. The number of aliphatic hydroxyl groups excluding tert-OH is 1. The number of aromatic nitrogens is 2. The summed E-state index contributed by atoms with van der Waals surface area (Å²) in [7, 11) is 0. The van der Waals surface area contributed by atoms with Gasteiger partial charge in [-0.15, -0.1) is 0 Å². The molecule has 0 fully saturated rings. The molecule has 3 heteroatoms. The highest BCUT2D eigenvalue weighted by Gasteiger charge is 2.20. The smallest absolute Gasteiger partial charge is 0.143 e. The van der Waals surface area contributed by atoms with Crippen molar-refractivity contribution < 1.29 is 5.11 Å². The molecule has 118 valence electrons. The third-order valence-corrected chi connectivity index (χ3v) is 4.18. The van der Waals surface area contributed by atoms with Crippen molar-refractivity contribution in [1.29, 1.82) is 0 Å². The average molecular weight is 306 g/mol. The first-order valence-corrected chi connectivity index (χ1v) is 7.82. The van der Waals surface area contributed by atoms with Gasteiger partial charge >= 0.3 is 0 Å². The summed E-state index contributed by atoms with van der Waals surface area (Å²) < 4.78 is 2.07. The van der Waals surface area contributed by atoms with Gasteiger partial charge in [-0.1, -0.05) is 42.5 Å². The van der Waals surface area contributed by atoms with Crippen LogP contribution in [-0.4, -0.2) is 14.7 Å². The van der Waals surface area contributed by atoms with Crippen LogP contribution in [0.15, 0.2) is 54.6 Å². The number of hydrogen-bond donors (Lipinski definition) is 1. The van der Waals surface area contributed by atoms with E-state index >= 15 is 0 Å². The van der Waals surface area contributed by atoms with Crippen LogP contribution in [0.2, 0.25) is 0 Å². The van der Waals surface area contributed by atoms with Gasteiger partial charge in [0.25, 0.3) is 0 Å². The molecule has 3 rings (SSSR count). The highest BCUT2D eigenvalue weighted by molar-refractivity contribution is 5.78. The molecule has 23 heavy (non-hydrogen) atoms. The Bertz CT molecular complexity index is 862. The van der Waals surface area contributed by atoms with Crippen molar-refractivity contribution in [3.8, 4) is 0 Å². The van der Waals surface area contributed by atoms with Gasteiger partial charge in [-0.25, -0.2) is 4.98 Å². The Morgan fingerprint density at radius 3 is 2.48 bits per heavy atom. The predicted octanol–water partition coefficient (Wildman–Crippen LogP) is 4.31. The van der Waals surface area contributed by atoms with Crippen LogP contribution in [0.4, 0.5) is 0 Å². The van der Waals surface area contributed by atoms with Gasteiger partial charge in [-0.3, -0.25) is 0 Å². The zero-order valence-electron chi connectivity index (χ0n) is 13.9. The molecule has 1 unspecified atom stereocenters. The summed E-state index contributed by atoms with van der Waals surface area (Å²) >= 11 is 0. The van der Waals surface area contributed by atoms with Gasteiger partial charge < -0.3 is 9.67 Å². The molecule has 0 amide bonds. The lowest BCUT2D eigenvalue weighted by Crippen LogP contribution is -2.10. The minimum absolute atomic E-state index is 0.651. The van der Waals surface area contributed by atoms with Crippen molar-refractivity contribution >= 4 is 11.0 Å². The molecule has 1 N–H and O–H groups in total. The van der Waals surface area contributed by atoms with Crippen molar-refractivity contribution in [2.75, 3.05) is 0 Å². The first-order valence-electron chi connectivity index (χ1n) is 7.82. The Hall–Kier alpha value is -2.39. The number of rotatable bonds is 4. The van der Waals surface area contributed by atoms with Gasteiger partial charge in [-0.05, 0) is 49.6 Å². The summed E-state index contributed by atoms with van der Waals surface area (Å²) in [6.45, 7) is 10.8. The van der Waals surface area contributed by atoms with Crippen LogP contribution < -0.4 is 0 Å². The van der Waals surface area contributed by atoms with E-state index in [1.165, 1.54) is 11.1 Å². The van der Waals surface area contributed by atoms with Crippen LogP contribution >= 0.6 is 0 Å². The quantitative estimate of drug-likeness (QED) is 0.729. The summed E-state index contributed by atoms with van der Waals surface area (Å²) in [5, 5.41) is 10.8. The average Bonchev–Trinajstić information content (AvgIpc) is 2.85. The van der Waals surface area contributed by atoms with Crippen LogP contribution in [0.25, 0.3) is 11.0 Å². The fourth-order valence-corrected chi connectivity index (χ4v) is 2.83. The minimum atomic E-state index is -0.747. The molecule has 0 bridgehead atoms. The number of fused-ring (bicyclic) bond motifs is 1. The van der Waals surface area contributed by atoms with Crippen molar-refractivity contribution in [2.45, 2.75) is 33.4 Å². The van der Waals surface area contributed by atoms with Crippen LogP contribution in [0.3, 0.4) is 0 Å².